The molecule has 7 nitrogen and oxygen atoms in total. The van der Waals surface area contributed by atoms with Gasteiger partial charge in [-0.3, -0.25) is 14.3 Å². The smallest absolute Gasteiger partial charge is 0.354 e. The number of benzene rings is 2. The molecule has 31 heavy (non-hydrogen) atoms. The van der Waals surface area contributed by atoms with Crippen molar-refractivity contribution in [2.45, 2.75) is 13.1 Å². The fourth-order valence-electron chi connectivity index (χ4n) is 2.96. The number of rotatable bonds is 6. The molecule has 164 valence electrons. The Labute approximate surface area is 175 Å². The molecule has 0 radical (unpaired) electrons. The Hall–Kier alpha value is -3.60. The summed E-state index contributed by atoms with van der Waals surface area (Å²) in [5.74, 6) is -1.55. The summed E-state index contributed by atoms with van der Waals surface area (Å²) in [5, 5.41) is 9.79. The Morgan fingerprint density at radius 1 is 1.06 bits per heavy atom. The number of aryl methyl sites for hydroxylation is 2. The van der Waals surface area contributed by atoms with Crippen LogP contribution in [0.4, 0.5) is 40.3 Å². The lowest BCUT2D eigenvalue weighted by atomic mass is 10.1. The van der Waals surface area contributed by atoms with Gasteiger partial charge in [0.15, 0.2) is 0 Å². The lowest BCUT2D eigenvalue weighted by molar-refractivity contribution is -0.136. The Kier molecular flexibility index (Phi) is 6.16. The van der Waals surface area contributed by atoms with Gasteiger partial charge in [-0.05, 0) is 43.3 Å². The van der Waals surface area contributed by atoms with Crippen molar-refractivity contribution < 1.29 is 27.2 Å². The van der Waals surface area contributed by atoms with Gasteiger partial charge in [-0.1, -0.05) is 0 Å². The first-order chi connectivity index (χ1) is 14.6. The molecule has 2 aromatic carbocycles. The van der Waals surface area contributed by atoms with Crippen LogP contribution in [0.1, 0.15) is 21.6 Å². The van der Waals surface area contributed by atoms with Gasteiger partial charge in [0.1, 0.15) is 5.82 Å². The molecule has 0 aliphatic rings. The maximum Gasteiger partial charge on any atom is 0.418 e. The summed E-state index contributed by atoms with van der Waals surface area (Å²) in [7, 11) is 2.90. The third-order valence-corrected chi connectivity index (χ3v) is 4.31. The molecule has 0 spiro atoms. The molecule has 0 unspecified atom stereocenters. The monoisotopic (exact) mass is 437 g/mol. The number of aromatic nitrogens is 2. The van der Waals surface area contributed by atoms with E-state index in [4.69, 9.17) is 0 Å². The van der Waals surface area contributed by atoms with Crippen molar-refractivity contribution in [3.63, 3.8) is 0 Å². The van der Waals surface area contributed by atoms with Crippen LogP contribution in [-0.2, 0) is 18.1 Å². The molecule has 0 bridgehead atoms. The fraction of sp³-hybridized carbons (Fsp3) is 0.200. The number of amides is 1. The summed E-state index contributed by atoms with van der Waals surface area (Å²) in [4.78, 5) is 16.7. The number of anilines is 4. The molecule has 0 saturated carbocycles. The lowest BCUT2D eigenvalue weighted by Gasteiger charge is -2.18. The molecule has 0 saturated heterocycles. The van der Waals surface area contributed by atoms with Crippen LogP contribution in [0, 0.1) is 12.7 Å². The molecule has 1 heterocycles. The molecule has 11 heteroatoms. The van der Waals surface area contributed by atoms with E-state index in [-0.39, 0.29) is 16.9 Å². The Morgan fingerprint density at radius 2 is 1.81 bits per heavy atom. The average molecular weight is 437 g/mol. The van der Waals surface area contributed by atoms with Crippen LogP contribution in [0.5, 0.6) is 0 Å². The summed E-state index contributed by atoms with van der Waals surface area (Å²) in [6.45, 7) is 1.75. The number of nitrogens with one attached hydrogen (secondary N) is 3. The molecule has 1 amide bonds. The van der Waals surface area contributed by atoms with E-state index in [0.717, 1.165) is 18.2 Å². The van der Waals surface area contributed by atoms with Crippen molar-refractivity contribution in [3.05, 3.63) is 65.2 Å². The zero-order chi connectivity index (χ0) is 22.8. The quantitative estimate of drug-likeness (QED) is 0.386. The number of carbonyl (C=O) groups excluding carboxylic acids is 1. The van der Waals surface area contributed by atoms with Crippen LogP contribution in [-0.4, -0.2) is 22.8 Å². The minimum absolute atomic E-state index is 0.0313. The van der Waals surface area contributed by atoms with Gasteiger partial charge in [0.25, 0.3) is 5.91 Å². The van der Waals surface area contributed by atoms with Crippen molar-refractivity contribution in [1.29, 1.82) is 0 Å². The minimum Gasteiger partial charge on any atom is -0.354 e. The number of alkyl halides is 3. The number of hydrogen-bond donors (Lipinski definition) is 3. The van der Waals surface area contributed by atoms with Crippen molar-refractivity contribution in [2.24, 2.45) is 7.05 Å². The van der Waals surface area contributed by atoms with Gasteiger partial charge in [-0.2, -0.15) is 18.3 Å². The molecule has 3 rings (SSSR count). The summed E-state index contributed by atoms with van der Waals surface area (Å²) in [6, 6.07) is 6.53. The number of hydroxylamine groups is 1. The second-order valence-electron chi connectivity index (χ2n) is 6.64. The number of halogens is 4. The van der Waals surface area contributed by atoms with Crippen LogP contribution in [0.15, 0.2) is 42.6 Å². The first kappa shape index (κ1) is 22.1. The highest BCUT2D eigenvalue weighted by Crippen LogP contribution is 2.38. The van der Waals surface area contributed by atoms with Crippen LogP contribution in [0.2, 0.25) is 0 Å². The summed E-state index contributed by atoms with van der Waals surface area (Å²) < 4.78 is 56.0. The zero-order valence-corrected chi connectivity index (χ0v) is 16.8. The van der Waals surface area contributed by atoms with Crippen molar-refractivity contribution in [2.75, 3.05) is 17.7 Å². The van der Waals surface area contributed by atoms with E-state index in [1.807, 2.05) is 5.48 Å². The molecule has 0 aliphatic carbocycles. The second kappa shape index (κ2) is 8.64. The van der Waals surface area contributed by atoms with Crippen molar-refractivity contribution in [1.82, 2.24) is 15.3 Å². The van der Waals surface area contributed by atoms with E-state index in [0.29, 0.717) is 17.1 Å². The van der Waals surface area contributed by atoms with Gasteiger partial charge in [0.2, 0.25) is 0 Å². The summed E-state index contributed by atoms with van der Waals surface area (Å²) in [5.41, 5.74) is 2.13. The van der Waals surface area contributed by atoms with Crippen LogP contribution < -0.4 is 16.1 Å². The van der Waals surface area contributed by atoms with Gasteiger partial charge < -0.3 is 10.6 Å². The zero-order valence-electron chi connectivity index (χ0n) is 16.8. The maximum atomic E-state index is 13.7. The summed E-state index contributed by atoms with van der Waals surface area (Å²) >= 11 is 0. The highest BCUT2D eigenvalue weighted by molar-refractivity contribution is 6.00. The molecule has 0 aliphatic heterocycles. The number of carbonyl (C=O) groups is 1. The predicted molar refractivity (Wildman–Crippen MR) is 107 cm³/mol. The first-order valence-electron chi connectivity index (χ1n) is 8.97. The van der Waals surface area contributed by atoms with E-state index >= 15 is 0 Å². The Morgan fingerprint density at radius 3 is 2.42 bits per heavy atom. The largest absolute Gasteiger partial charge is 0.418 e. The van der Waals surface area contributed by atoms with E-state index in [2.05, 4.69) is 20.6 Å². The molecule has 3 N–H and O–H groups in total. The Bertz CT molecular complexity index is 1110. The SMILES string of the molecule is CONC(=O)c1cc(F)ccc1Nc1cc(Nc2cn(C)nc2C)ccc1C(F)(F)F. The molecule has 1 aromatic heterocycles. The van der Waals surface area contributed by atoms with Gasteiger partial charge in [-0.15, -0.1) is 0 Å². The van der Waals surface area contributed by atoms with E-state index in [9.17, 15) is 22.4 Å². The highest BCUT2D eigenvalue weighted by Gasteiger charge is 2.34. The number of nitrogens with zero attached hydrogens (tertiary/aromatic N) is 2. The lowest BCUT2D eigenvalue weighted by Crippen LogP contribution is -2.23. The molecule has 3 aromatic rings. The number of hydrogen-bond acceptors (Lipinski definition) is 5. The van der Waals surface area contributed by atoms with E-state index < -0.39 is 23.5 Å². The van der Waals surface area contributed by atoms with Crippen LogP contribution in [0.3, 0.4) is 0 Å². The van der Waals surface area contributed by atoms with E-state index in [1.54, 1.807) is 24.9 Å². The van der Waals surface area contributed by atoms with Crippen LogP contribution in [0.25, 0.3) is 0 Å². The average Bonchev–Trinajstić information content (AvgIpc) is 2.99. The predicted octanol–water partition coefficient (Wildman–Crippen LogP) is 4.66. The van der Waals surface area contributed by atoms with Crippen molar-refractivity contribution >= 4 is 28.7 Å². The normalized spacial score (nSPS) is 11.3. The molecule has 0 atom stereocenters. The fourth-order valence-corrected chi connectivity index (χ4v) is 2.96. The maximum absolute atomic E-state index is 13.7. The summed E-state index contributed by atoms with van der Waals surface area (Å²) in [6.07, 6.45) is -2.98. The highest BCUT2D eigenvalue weighted by atomic mass is 19.4. The second-order valence-corrected chi connectivity index (χ2v) is 6.64. The standard InChI is InChI=1S/C20H19F4N5O2/c1-11-18(10-29(2)27-11)25-13-5-6-15(20(22,23)24)17(9-13)26-16-7-4-12(21)8-14(16)19(30)28-31-3/h4-10,25-26H,1-3H3,(H,28,30). The van der Waals surface area contributed by atoms with Crippen molar-refractivity contribution in [3.8, 4) is 0 Å². The molecule has 0 fully saturated rings. The van der Waals surface area contributed by atoms with Gasteiger partial charge in [-0.25, -0.2) is 9.87 Å². The third kappa shape index (κ3) is 5.12. The topological polar surface area (TPSA) is 80.2 Å². The first-order valence-corrected chi connectivity index (χ1v) is 8.97. The Balaban J connectivity index is 2.03. The van der Waals surface area contributed by atoms with Gasteiger partial charge in [0, 0.05) is 18.9 Å². The van der Waals surface area contributed by atoms with Gasteiger partial charge in [0.05, 0.1) is 41.0 Å². The van der Waals surface area contributed by atoms with Crippen LogP contribution >= 0.6 is 0 Å². The minimum atomic E-state index is -4.67. The van der Waals surface area contributed by atoms with E-state index in [1.165, 1.54) is 25.3 Å². The molecular formula is C20H19F4N5O2. The molecular weight excluding hydrogens is 418 g/mol. The van der Waals surface area contributed by atoms with Gasteiger partial charge >= 0.3 is 6.18 Å². The third-order valence-electron chi connectivity index (χ3n) is 4.31.